The van der Waals surface area contributed by atoms with E-state index in [1.165, 1.54) is 83.5 Å². The largest absolute Gasteiger partial charge is 0.462 e. The molecule has 0 aromatic carbocycles. The van der Waals surface area contributed by atoms with Crippen molar-refractivity contribution in [2.45, 2.75) is 226 Å². The minimum atomic E-state index is -0.806. The normalized spacial score (nSPS) is 12.9. The number of unbranched alkanes of at least 4 members (excludes halogenated alkanes) is 23. The van der Waals surface area contributed by atoms with Crippen LogP contribution in [0.15, 0.2) is 97.2 Å². The molecule has 352 valence electrons. The summed E-state index contributed by atoms with van der Waals surface area (Å²) in [6.45, 7) is 6.39. The molecule has 0 spiro atoms. The van der Waals surface area contributed by atoms with Gasteiger partial charge in [0.05, 0.1) is 0 Å². The van der Waals surface area contributed by atoms with Crippen molar-refractivity contribution in [2.75, 3.05) is 13.2 Å². The average molecular weight is 861 g/mol. The molecular weight excluding hydrogens is 769 g/mol. The molecule has 0 N–H and O–H groups in total. The van der Waals surface area contributed by atoms with Crippen molar-refractivity contribution in [2.24, 2.45) is 0 Å². The van der Waals surface area contributed by atoms with Crippen LogP contribution < -0.4 is 0 Å². The van der Waals surface area contributed by atoms with Gasteiger partial charge in [-0.15, -0.1) is 0 Å². The quantitative estimate of drug-likeness (QED) is 0.0263. The zero-order valence-corrected chi connectivity index (χ0v) is 40.1. The van der Waals surface area contributed by atoms with Crippen molar-refractivity contribution < 1.29 is 28.6 Å². The first-order valence-corrected chi connectivity index (χ1v) is 25.3. The molecule has 0 saturated heterocycles. The molecule has 6 nitrogen and oxygen atoms in total. The Bertz CT molecular complexity index is 1260. The third-order valence-electron chi connectivity index (χ3n) is 10.5. The number of ether oxygens (including phenoxy) is 3. The maximum absolute atomic E-state index is 12.8. The molecule has 1 atom stereocenters. The Kier molecular flexibility index (Phi) is 47.0. The molecular formula is C56H92O6. The molecule has 0 aromatic heterocycles. The van der Waals surface area contributed by atoms with E-state index in [9.17, 15) is 14.4 Å². The van der Waals surface area contributed by atoms with E-state index in [0.717, 1.165) is 89.9 Å². The van der Waals surface area contributed by atoms with Crippen molar-refractivity contribution in [3.8, 4) is 0 Å². The number of allylic oxidation sites excluding steroid dienone is 16. The topological polar surface area (TPSA) is 78.9 Å². The van der Waals surface area contributed by atoms with E-state index in [1.54, 1.807) is 0 Å². The van der Waals surface area contributed by atoms with Gasteiger partial charge in [-0.2, -0.15) is 0 Å². The number of hydrogen-bond donors (Lipinski definition) is 0. The average Bonchev–Trinajstić information content (AvgIpc) is 3.27. The molecule has 0 aromatic rings. The predicted molar refractivity (Wildman–Crippen MR) is 265 cm³/mol. The summed E-state index contributed by atoms with van der Waals surface area (Å²) >= 11 is 0. The third kappa shape index (κ3) is 47.4. The Hall–Kier alpha value is -3.67. The summed E-state index contributed by atoms with van der Waals surface area (Å²) in [6.07, 6.45) is 65.3. The molecule has 0 rings (SSSR count). The van der Waals surface area contributed by atoms with E-state index < -0.39 is 6.10 Å². The molecule has 62 heavy (non-hydrogen) atoms. The second kappa shape index (κ2) is 50.0. The van der Waals surface area contributed by atoms with Gasteiger partial charge in [0.15, 0.2) is 6.10 Å². The van der Waals surface area contributed by atoms with Gasteiger partial charge < -0.3 is 14.2 Å². The van der Waals surface area contributed by atoms with Crippen molar-refractivity contribution >= 4 is 17.9 Å². The number of carbonyl (C=O) groups is 3. The van der Waals surface area contributed by atoms with Crippen LogP contribution in [0.25, 0.3) is 0 Å². The Balaban J connectivity index is 4.49. The summed E-state index contributed by atoms with van der Waals surface area (Å²) in [5, 5.41) is 0. The number of carbonyl (C=O) groups excluding carboxylic acids is 3. The molecule has 0 radical (unpaired) electrons. The molecule has 0 bridgehead atoms. The van der Waals surface area contributed by atoms with Crippen LogP contribution in [0.5, 0.6) is 0 Å². The van der Waals surface area contributed by atoms with Gasteiger partial charge in [0.25, 0.3) is 0 Å². The monoisotopic (exact) mass is 861 g/mol. The van der Waals surface area contributed by atoms with Gasteiger partial charge in [-0.3, -0.25) is 14.4 Å². The standard InChI is InChI=1S/C56H92O6/c1-4-7-10-13-16-19-22-25-26-27-28-29-32-34-37-40-43-46-49-55(58)61-52-53(62-56(59)50-47-44-41-38-35-31-24-21-18-15-12-9-6-3)51-60-54(57)48-45-42-39-36-33-30-23-20-17-14-11-8-5-2/h9,12,15-16,18-19,21-22,24-29,31,35,53H,4-8,10-11,13-14,17,20,23,30,32-34,36-52H2,1-3H3/b12-9+,18-15+,19-16+,24-21+,25-22+,27-26+,29-28+,35-31+. The number of rotatable bonds is 44. The highest BCUT2D eigenvalue weighted by Gasteiger charge is 2.19. The predicted octanol–water partition coefficient (Wildman–Crippen LogP) is 16.6. The second-order valence-corrected chi connectivity index (χ2v) is 16.5. The summed E-state index contributed by atoms with van der Waals surface area (Å²) in [5.41, 5.74) is 0. The van der Waals surface area contributed by atoms with Crippen molar-refractivity contribution in [1.29, 1.82) is 0 Å². The maximum atomic E-state index is 12.8. The van der Waals surface area contributed by atoms with Crippen LogP contribution in [0.1, 0.15) is 220 Å². The minimum absolute atomic E-state index is 0.101. The van der Waals surface area contributed by atoms with Crippen LogP contribution in [-0.4, -0.2) is 37.2 Å². The fourth-order valence-corrected chi connectivity index (χ4v) is 6.70. The lowest BCUT2D eigenvalue weighted by Gasteiger charge is -2.18. The summed E-state index contributed by atoms with van der Waals surface area (Å²) < 4.78 is 16.7. The van der Waals surface area contributed by atoms with Crippen molar-refractivity contribution in [3.63, 3.8) is 0 Å². The molecule has 0 saturated carbocycles. The molecule has 0 aliphatic carbocycles. The fraction of sp³-hybridized carbons (Fsp3) is 0.661. The molecule has 6 heteroatoms. The van der Waals surface area contributed by atoms with Crippen molar-refractivity contribution in [3.05, 3.63) is 97.2 Å². The van der Waals surface area contributed by atoms with E-state index in [0.29, 0.717) is 19.3 Å². The van der Waals surface area contributed by atoms with Gasteiger partial charge in [0.2, 0.25) is 0 Å². The van der Waals surface area contributed by atoms with Gasteiger partial charge in [-0.05, 0) is 64.2 Å². The summed E-state index contributed by atoms with van der Waals surface area (Å²) in [7, 11) is 0. The van der Waals surface area contributed by atoms with Gasteiger partial charge in [-0.25, -0.2) is 0 Å². The first kappa shape index (κ1) is 58.3. The summed E-state index contributed by atoms with van der Waals surface area (Å²) in [4.78, 5) is 37.9. The molecule has 1 unspecified atom stereocenters. The minimum Gasteiger partial charge on any atom is -0.462 e. The second-order valence-electron chi connectivity index (χ2n) is 16.5. The van der Waals surface area contributed by atoms with Gasteiger partial charge in [0, 0.05) is 19.3 Å². The van der Waals surface area contributed by atoms with Crippen LogP contribution in [-0.2, 0) is 28.6 Å². The lowest BCUT2D eigenvalue weighted by atomic mass is 10.0. The van der Waals surface area contributed by atoms with Crippen LogP contribution in [0.2, 0.25) is 0 Å². The molecule has 0 fully saturated rings. The maximum Gasteiger partial charge on any atom is 0.306 e. The van der Waals surface area contributed by atoms with E-state index in [-0.39, 0.29) is 37.5 Å². The Morgan fingerprint density at radius 2 is 0.629 bits per heavy atom. The fourth-order valence-electron chi connectivity index (χ4n) is 6.70. The highest BCUT2D eigenvalue weighted by Crippen LogP contribution is 2.14. The van der Waals surface area contributed by atoms with E-state index in [1.807, 2.05) is 36.5 Å². The molecule has 0 aliphatic heterocycles. The van der Waals surface area contributed by atoms with E-state index >= 15 is 0 Å². The summed E-state index contributed by atoms with van der Waals surface area (Å²) in [6, 6.07) is 0. The highest BCUT2D eigenvalue weighted by molar-refractivity contribution is 5.71. The lowest BCUT2D eigenvalue weighted by molar-refractivity contribution is -0.167. The first-order chi connectivity index (χ1) is 30.5. The van der Waals surface area contributed by atoms with Crippen LogP contribution in [0, 0.1) is 0 Å². The van der Waals surface area contributed by atoms with Crippen molar-refractivity contribution in [1.82, 2.24) is 0 Å². The molecule has 0 heterocycles. The van der Waals surface area contributed by atoms with Crippen LogP contribution >= 0.6 is 0 Å². The number of hydrogen-bond acceptors (Lipinski definition) is 6. The Morgan fingerprint density at radius 3 is 1.03 bits per heavy atom. The Morgan fingerprint density at radius 1 is 0.339 bits per heavy atom. The van der Waals surface area contributed by atoms with Crippen LogP contribution in [0.4, 0.5) is 0 Å². The lowest BCUT2D eigenvalue weighted by Crippen LogP contribution is -2.30. The van der Waals surface area contributed by atoms with Crippen LogP contribution in [0.3, 0.4) is 0 Å². The highest BCUT2D eigenvalue weighted by atomic mass is 16.6. The third-order valence-corrected chi connectivity index (χ3v) is 10.5. The zero-order chi connectivity index (χ0) is 45.1. The zero-order valence-electron chi connectivity index (χ0n) is 40.1. The summed E-state index contributed by atoms with van der Waals surface area (Å²) in [5.74, 6) is -0.967. The van der Waals surface area contributed by atoms with Gasteiger partial charge in [-0.1, -0.05) is 234 Å². The van der Waals surface area contributed by atoms with E-state index in [4.69, 9.17) is 14.2 Å². The smallest absolute Gasteiger partial charge is 0.306 e. The molecule has 0 aliphatic rings. The van der Waals surface area contributed by atoms with E-state index in [2.05, 4.69) is 81.5 Å². The SMILES string of the molecule is CC/C=C/C=C/C=C/C=C/CCCCCC(=O)OC(COC(=O)CCCCCCC/C=C/C=C/C=C/C=C/CCCCC)COC(=O)CCCCCCCCCCCCCCC. The van der Waals surface area contributed by atoms with Gasteiger partial charge >= 0.3 is 17.9 Å². The first-order valence-electron chi connectivity index (χ1n) is 25.3. The number of esters is 3. The molecule has 0 amide bonds. The van der Waals surface area contributed by atoms with Gasteiger partial charge in [0.1, 0.15) is 13.2 Å². The Labute approximate surface area is 381 Å².